The Balaban J connectivity index is 2.09. The highest BCUT2D eigenvalue weighted by Crippen LogP contribution is 2.28. The lowest BCUT2D eigenvalue weighted by Crippen LogP contribution is -2.41. The van der Waals surface area contributed by atoms with Gasteiger partial charge in [0, 0.05) is 23.1 Å². The first-order valence-corrected chi connectivity index (χ1v) is 8.96. The Kier molecular flexibility index (Phi) is 4.92. The highest BCUT2D eigenvalue weighted by atomic mass is 79.9. The molecule has 1 aliphatic rings. The Morgan fingerprint density at radius 1 is 1.52 bits per heavy atom. The van der Waals surface area contributed by atoms with Crippen molar-refractivity contribution in [2.75, 3.05) is 19.3 Å². The van der Waals surface area contributed by atoms with E-state index in [1.165, 1.54) is 0 Å². The van der Waals surface area contributed by atoms with Gasteiger partial charge in [-0.3, -0.25) is 4.90 Å². The van der Waals surface area contributed by atoms with E-state index >= 15 is 0 Å². The number of nitrogens with two attached hydrogens (primary N) is 1. The summed E-state index contributed by atoms with van der Waals surface area (Å²) in [6, 6.07) is 2.82. The summed E-state index contributed by atoms with van der Waals surface area (Å²) in [5.41, 5.74) is 5.25. The van der Waals surface area contributed by atoms with Crippen molar-refractivity contribution in [1.82, 2.24) is 9.62 Å². The summed E-state index contributed by atoms with van der Waals surface area (Å²) in [7, 11) is -1.75. The number of hydrogen-bond acceptors (Lipinski definition) is 4. The van der Waals surface area contributed by atoms with E-state index in [4.69, 9.17) is 5.73 Å². The normalized spacial score (nSPS) is 17.2. The van der Waals surface area contributed by atoms with E-state index in [1.54, 1.807) is 0 Å². The van der Waals surface area contributed by atoms with Gasteiger partial charge in [-0.2, -0.15) is 0 Å². The second-order valence-corrected chi connectivity index (χ2v) is 7.99. The summed E-state index contributed by atoms with van der Waals surface area (Å²) in [6.07, 6.45) is 2.32. The number of sulfonamides is 1. The number of rotatable bonds is 6. The Labute approximate surface area is 132 Å². The minimum Gasteiger partial charge on any atom is -0.396 e. The molecule has 21 heavy (non-hydrogen) atoms. The predicted molar refractivity (Wildman–Crippen MR) is 83.9 cm³/mol. The molecule has 0 bridgehead atoms. The third kappa shape index (κ3) is 3.94. The van der Waals surface area contributed by atoms with Gasteiger partial charge in [0.25, 0.3) is 0 Å². The number of hydrogen-bond donors (Lipinski definition) is 2. The maximum absolute atomic E-state index is 13.3. The molecule has 0 amide bonds. The summed E-state index contributed by atoms with van der Waals surface area (Å²) in [5, 5.41) is 0. The first-order valence-electron chi connectivity index (χ1n) is 6.68. The van der Waals surface area contributed by atoms with Crippen molar-refractivity contribution in [1.29, 1.82) is 0 Å². The van der Waals surface area contributed by atoms with Gasteiger partial charge in [0.05, 0.1) is 10.6 Å². The zero-order valence-corrected chi connectivity index (χ0v) is 14.3. The van der Waals surface area contributed by atoms with Crippen LogP contribution in [0.1, 0.15) is 19.8 Å². The fourth-order valence-electron chi connectivity index (χ4n) is 2.04. The van der Waals surface area contributed by atoms with Crippen LogP contribution in [0.5, 0.6) is 0 Å². The first kappa shape index (κ1) is 16.7. The molecule has 118 valence electrons. The second-order valence-electron chi connectivity index (χ2n) is 5.40. The zero-order valence-electron chi connectivity index (χ0n) is 11.9. The molecule has 0 saturated heterocycles. The average molecular weight is 380 g/mol. The highest BCUT2D eigenvalue weighted by Gasteiger charge is 2.30. The van der Waals surface area contributed by atoms with Crippen molar-refractivity contribution in [2.24, 2.45) is 0 Å². The molecule has 3 N–H and O–H groups in total. The number of nitrogen functional groups attached to an aromatic ring is 1. The minimum absolute atomic E-state index is 0.0531. The van der Waals surface area contributed by atoms with Crippen LogP contribution >= 0.6 is 15.9 Å². The molecular formula is C13H19BrFN3O2S. The molecule has 1 unspecified atom stereocenters. The Morgan fingerprint density at radius 3 is 2.71 bits per heavy atom. The van der Waals surface area contributed by atoms with Crippen LogP contribution in [0.4, 0.5) is 10.1 Å². The fourth-order valence-corrected chi connectivity index (χ4v) is 4.21. The molecule has 1 atom stereocenters. The summed E-state index contributed by atoms with van der Waals surface area (Å²) in [4.78, 5) is 2.11. The minimum atomic E-state index is -3.73. The van der Waals surface area contributed by atoms with E-state index in [0.717, 1.165) is 25.0 Å². The molecule has 0 aliphatic heterocycles. The molecule has 8 heteroatoms. The molecule has 2 rings (SSSR count). The third-order valence-corrected chi connectivity index (χ3v) is 6.11. The van der Waals surface area contributed by atoms with Crippen LogP contribution in [0.2, 0.25) is 0 Å². The van der Waals surface area contributed by atoms with Gasteiger partial charge in [0.15, 0.2) is 0 Å². The monoisotopic (exact) mass is 379 g/mol. The number of anilines is 1. The standard InChI is InChI=1S/C13H19BrFN3O2S/c1-8(18(2)9-3-4-9)7-17-21(19,20)13-6-12(16)11(15)5-10(13)14/h5-6,8-9,17H,3-4,7,16H2,1-2H3. The van der Waals surface area contributed by atoms with Crippen LogP contribution in [0.25, 0.3) is 0 Å². The van der Waals surface area contributed by atoms with Crippen molar-refractivity contribution >= 4 is 31.6 Å². The lowest BCUT2D eigenvalue weighted by atomic mass is 10.3. The van der Waals surface area contributed by atoms with Gasteiger partial charge in [0.1, 0.15) is 5.82 Å². The molecule has 0 heterocycles. The molecule has 5 nitrogen and oxygen atoms in total. The molecule has 1 fully saturated rings. The molecule has 1 aliphatic carbocycles. The van der Waals surface area contributed by atoms with Gasteiger partial charge in [0.2, 0.25) is 10.0 Å². The van der Waals surface area contributed by atoms with Crippen LogP contribution in [0.15, 0.2) is 21.5 Å². The van der Waals surface area contributed by atoms with Gasteiger partial charge in [-0.1, -0.05) is 0 Å². The van der Waals surface area contributed by atoms with E-state index in [-0.39, 0.29) is 21.1 Å². The van der Waals surface area contributed by atoms with Gasteiger partial charge >= 0.3 is 0 Å². The Morgan fingerprint density at radius 2 is 2.14 bits per heavy atom. The number of nitrogens with one attached hydrogen (secondary N) is 1. The van der Waals surface area contributed by atoms with E-state index in [2.05, 4.69) is 25.6 Å². The van der Waals surface area contributed by atoms with Gasteiger partial charge in [-0.05, 0) is 54.9 Å². The maximum Gasteiger partial charge on any atom is 0.241 e. The first-order chi connectivity index (χ1) is 9.72. The third-order valence-electron chi connectivity index (χ3n) is 3.73. The Hall–Kier alpha value is -0.700. The summed E-state index contributed by atoms with van der Waals surface area (Å²) in [6.45, 7) is 2.26. The van der Waals surface area contributed by atoms with Crippen LogP contribution in [-0.2, 0) is 10.0 Å². The van der Waals surface area contributed by atoms with Gasteiger partial charge in [-0.15, -0.1) is 0 Å². The molecule has 1 aromatic carbocycles. The summed E-state index contributed by atoms with van der Waals surface area (Å²) < 4.78 is 40.6. The lowest BCUT2D eigenvalue weighted by molar-refractivity contribution is 0.248. The van der Waals surface area contributed by atoms with Crippen molar-refractivity contribution in [2.45, 2.75) is 36.7 Å². The SMILES string of the molecule is CC(CNS(=O)(=O)c1cc(N)c(F)cc1Br)N(C)C1CC1. The smallest absolute Gasteiger partial charge is 0.241 e. The molecule has 1 aromatic rings. The summed E-state index contributed by atoms with van der Waals surface area (Å²) in [5.74, 6) is -0.650. The molecule has 1 saturated carbocycles. The number of likely N-dealkylation sites (N-methyl/N-ethyl adjacent to an activating group) is 1. The van der Waals surface area contributed by atoms with E-state index in [0.29, 0.717) is 12.6 Å². The van der Waals surface area contributed by atoms with Crippen LogP contribution in [0.3, 0.4) is 0 Å². The van der Waals surface area contributed by atoms with E-state index < -0.39 is 15.8 Å². The van der Waals surface area contributed by atoms with Crippen molar-refractivity contribution in [3.63, 3.8) is 0 Å². The summed E-state index contributed by atoms with van der Waals surface area (Å²) >= 11 is 3.06. The van der Waals surface area contributed by atoms with Gasteiger partial charge in [-0.25, -0.2) is 17.5 Å². The number of nitrogens with zero attached hydrogens (tertiary/aromatic N) is 1. The highest BCUT2D eigenvalue weighted by molar-refractivity contribution is 9.10. The molecule has 0 radical (unpaired) electrons. The van der Waals surface area contributed by atoms with Crippen LogP contribution in [-0.4, -0.2) is 39.0 Å². The largest absolute Gasteiger partial charge is 0.396 e. The van der Waals surface area contributed by atoms with Crippen LogP contribution < -0.4 is 10.5 Å². The molecule has 0 spiro atoms. The number of halogens is 2. The van der Waals surface area contributed by atoms with Crippen molar-refractivity contribution < 1.29 is 12.8 Å². The maximum atomic E-state index is 13.3. The van der Waals surface area contributed by atoms with Gasteiger partial charge < -0.3 is 5.73 Å². The van der Waals surface area contributed by atoms with Crippen LogP contribution in [0, 0.1) is 5.82 Å². The number of benzene rings is 1. The molecule has 0 aromatic heterocycles. The average Bonchev–Trinajstić information content (AvgIpc) is 3.23. The lowest BCUT2D eigenvalue weighted by Gasteiger charge is -2.24. The second kappa shape index (κ2) is 6.20. The van der Waals surface area contributed by atoms with E-state index in [9.17, 15) is 12.8 Å². The quantitative estimate of drug-likeness (QED) is 0.740. The topological polar surface area (TPSA) is 75.4 Å². The fraction of sp³-hybridized carbons (Fsp3) is 0.538. The Bertz CT molecular complexity index is 635. The van der Waals surface area contributed by atoms with Crippen molar-refractivity contribution in [3.05, 3.63) is 22.4 Å². The van der Waals surface area contributed by atoms with Crippen molar-refractivity contribution in [3.8, 4) is 0 Å². The molecular weight excluding hydrogens is 361 g/mol. The van der Waals surface area contributed by atoms with E-state index in [1.807, 2.05) is 14.0 Å². The zero-order chi connectivity index (χ0) is 15.8. The predicted octanol–water partition coefficient (Wildman–Crippen LogP) is 1.93.